The van der Waals surface area contributed by atoms with Gasteiger partial charge in [0.15, 0.2) is 0 Å². The van der Waals surface area contributed by atoms with Crippen molar-refractivity contribution in [3.63, 3.8) is 0 Å². The molecule has 1 aliphatic heterocycles. The van der Waals surface area contributed by atoms with Gasteiger partial charge >= 0.3 is 6.18 Å². The second kappa shape index (κ2) is 12.8. The van der Waals surface area contributed by atoms with Gasteiger partial charge in [-0.05, 0) is 50.4 Å². The smallest absolute Gasteiger partial charge is 0.387 e. The van der Waals surface area contributed by atoms with E-state index in [1.807, 2.05) is 13.8 Å². The van der Waals surface area contributed by atoms with E-state index in [1.54, 1.807) is 0 Å². The summed E-state index contributed by atoms with van der Waals surface area (Å²) in [5, 5.41) is 2.82. The third kappa shape index (κ3) is 8.45. The molecule has 1 unspecified atom stereocenters. The first-order chi connectivity index (χ1) is 15.3. The lowest BCUT2D eigenvalue weighted by Gasteiger charge is -2.34. The Kier molecular flexibility index (Phi) is 10.5. The first-order valence-electron chi connectivity index (χ1n) is 11.9. The first kappa shape index (κ1) is 26.2. The Balaban J connectivity index is 0.00000176. The van der Waals surface area contributed by atoms with Crippen LogP contribution in [0, 0.1) is 11.8 Å². The summed E-state index contributed by atoms with van der Waals surface area (Å²) in [5.74, 6) is 2.08. The number of nitrogens with one attached hydrogen (secondary N) is 1. The van der Waals surface area contributed by atoms with Gasteiger partial charge in [-0.3, -0.25) is 0 Å². The van der Waals surface area contributed by atoms with Crippen molar-refractivity contribution >= 4 is 11.7 Å². The molecule has 1 aliphatic carbocycles. The van der Waals surface area contributed by atoms with Crippen molar-refractivity contribution in [2.45, 2.75) is 71.4 Å². The topological polar surface area (TPSA) is 66.5 Å². The van der Waals surface area contributed by atoms with Gasteiger partial charge in [-0.1, -0.05) is 52.5 Å². The number of hydrogen-bond acceptors (Lipinski definition) is 4. The highest BCUT2D eigenvalue weighted by atomic mass is 19.4. The fourth-order valence-electron chi connectivity index (χ4n) is 4.40. The quantitative estimate of drug-likeness (QED) is 0.390. The van der Waals surface area contributed by atoms with Gasteiger partial charge in [0.1, 0.15) is 17.5 Å². The average molecular weight is 454 g/mol. The maximum atomic E-state index is 12.6. The van der Waals surface area contributed by atoms with Gasteiger partial charge < -0.3 is 16.0 Å². The third-order valence-electron chi connectivity index (χ3n) is 6.13. The summed E-state index contributed by atoms with van der Waals surface area (Å²) in [6.07, 6.45) is 6.57. The Morgan fingerprint density at radius 3 is 2.53 bits per heavy atom. The number of nitrogens with two attached hydrogens (primary N) is 1. The summed E-state index contributed by atoms with van der Waals surface area (Å²) in [7, 11) is 0. The molecular weight excluding hydrogens is 415 g/mol. The van der Waals surface area contributed by atoms with Gasteiger partial charge in [0.25, 0.3) is 0 Å². The van der Waals surface area contributed by atoms with Crippen molar-refractivity contribution in [3.05, 3.63) is 36.3 Å². The lowest BCUT2D eigenvalue weighted by atomic mass is 9.86. The number of amidine groups is 1. The van der Waals surface area contributed by atoms with Crippen molar-refractivity contribution in [1.29, 1.82) is 0 Å². The minimum atomic E-state index is -4.41. The van der Waals surface area contributed by atoms with E-state index >= 15 is 0 Å². The van der Waals surface area contributed by atoms with E-state index in [1.165, 1.54) is 44.6 Å². The number of piperidine rings is 1. The molecule has 32 heavy (non-hydrogen) atoms. The Labute approximate surface area is 190 Å². The number of halogens is 3. The molecule has 3 N–H and O–H groups in total. The van der Waals surface area contributed by atoms with Gasteiger partial charge in [-0.15, -0.1) is 0 Å². The molecule has 1 saturated carbocycles. The maximum absolute atomic E-state index is 12.6. The lowest BCUT2D eigenvalue weighted by molar-refractivity contribution is -0.137. The van der Waals surface area contributed by atoms with Crippen LogP contribution in [0.25, 0.3) is 0 Å². The van der Waals surface area contributed by atoms with Crippen molar-refractivity contribution in [2.24, 2.45) is 22.6 Å². The van der Waals surface area contributed by atoms with Gasteiger partial charge in [0.05, 0.1) is 5.56 Å². The zero-order chi connectivity index (χ0) is 23.6. The zero-order valence-electron chi connectivity index (χ0n) is 19.4. The number of aromatic nitrogens is 1. The van der Waals surface area contributed by atoms with Crippen LogP contribution in [0.4, 0.5) is 19.0 Å². The number of hydrogen-bond donors (Lipinski definition) is 2. The number of likely N-dealkylation sites (tertiary alicyclic amines) is 1. The van der Waals surface area contributed by atoms with Crippen LogP contribution in [0.5, 0.6) is 0 Å². The van der Waals surface area contributed by atoms with Gasteiger partial charge in [-0.25, -0.2) is 9.98 Å². The predicted molar refractivity (Wildman–Crippen MR) is 125 cm³/mol. The summed E-state index contributed by atoms with van der Waals surface area (Å²) >= 11 is 0. The Morgan fingerprint density at radius 2 is 1.91 bits per heavy atom. The third-order valence-corrected chi connectivity index (χ3v) is 6.13. The van der Waals surface area contributed by atoms with Crippen LogP contribution in [0.1, 0.15) is 70.8 Å². The molecule has 3 rings (SSSR count). The second-order valence-corrected chi connectivity index (χ2v) is 8.47. The fraction of sp³-hybridized carbons (Fsp3) is 0.667. The fourth-order valence-corrected chi connectivity index (χ4v) is 4.40. The van der Waals surface area contributed by atoms with E-state index in [9.17, 15) is 13.2 Å². The molecule has 1 atom stereocenters. The summed E-state index contributed by atoms with van der Waals surface area (Å²) in [5.41, 5.74) is 5.44. The molecule has 5 nitrogen and oxygen atoms in total. The molecule has 8 heteroatoms. The highest BCUT2D eigenvalue weighted by Gasteiger charge is 2.30. The molecule has 180 valence electrons. The second-order valence-electron chi connectivity index (χ2n) is 8.47. The molecule has 0 aromatic carbocycles. The Bertz CT molecular complexity index is 724. The largest absolute Gasteiger partial charge is 0.417 e. The molecular formula is C24H38F3N5. The van der Waals surface area contributed by atoms with Crippen LogP contribution >= 0.6 is 0 Å². The highest BCUT2D eigenvalue weighted by Crippen LogP contribution is 2.29. The van der Waals surface area contributed by atoms with E-state index in [0.717, 1.165) is 50.7 Å². The predicted octanol–water partition coefficient (Wildman–Crippen LogP) is 6.05. The first-order valence-corrected chi connectivity index (χ1v) is 11.9. The Morgan fingerprint density at radius 1 is 1.19 bits per heavy atom. The van der Waals surface area contributed by atoms with Crippen molar-refractivity contribution in [1.82, 2.24) is 9.88 Å². The van der Waals surface area contributed by atoms with E-state index in [2.05, 4.69) is 26.8 Å². The Hall–Kier alpha value is -2.09. The standard InChI is InChI=1S/C22H32F3N5.C2H6/c1-16(28-20-10-9-19(14-27-20)22(23,24)25)29-21(26)18-8-5-12-30(15-18)13-11-17-6-3-2-4-7-17;1-2/h9-10,14,17-18H,1-8,11-13,15H2,(H2,26,29)(H,27,28);1-2H3. The van der Waals surface area contributed by atoms with E-state index in [-0.39, 0.29) is 17.6 Å². The van der Waals surface area contributed by atoms with Crippen LogP contribution in [0.15, 0.2) is 35.7 Å². The van der Waals surface area contributed by atoms with Crippen LogP contribution in [0.2, 0.25) is 0 Å². The minimum absolute atomic E-state index is 0.171. The molecule has 0 amide bonds. The molecule has 0 radical (unpaired) electrons. The van der Waals surface area contributed by atoms with Crippen LogP contribution < -0.4 is 11.1 Å². The van der Waals surface area contributed by atoms with E-state index in [4.69, 9.17) is 5.73 Å². The molecule has 0 spiro atoms. The summed E-state index contributed by atoms with van der Waals surface area (Å²) in [6.45, 7) is 10.9. The van der Waals surface area contributed by atoms with E-state index < -0.39 is 11.7 Å². The SMILES string of the molecule is C=C(/N=C(\N)C1CCCN(CCC2CCCCC2)C1)Nc1ccc(C(F)(F)F)cn1.CC. The van der Waals surface area contributed by atoms with Gasteiger partial charge in [0.2, 0.25) is 0 Å². The minimum Gasteiger partial charge on any atom is -0.387 e. The van der Waals surface area contributed by atoms with Crippen LogP contribution in [-0.4, -0.2) is 35.4 Å². The number of pyridine rings is 1. The van der Waals surface area contributed by atoms with Crippen LogP contribution in [-0.2, 0) is 6.18 Å². The molecule has 1 aromatic heterocycles. The highest BCUT2D eigenvalue weighted by molar-refractivity contribution is 5.84. The molecule has 2 heterocycles. The van der Waals surface area contributed by atoms with Crippen LogP contribution in [0.3, 0.4) is 0 Å². The number of rotatable bonds is 7. The lowest BCUT2D eigenvalue weighted by Crippen LogP contribution is -2.42. The number of alkyl halides is 3. The van der Waals surface area contributed by atoms with Gasteiger partial charge in [-0.2, -0.15) is 13.2 Å². The monoisotopic (exact) mass is 453 g/mol. The molecule has 2 aliphatic rings. The number of aliphatic imine (C=N–C) groups is 1. The maximum Gasteiger partial charge on any atom is 0.417 e. The summed E-state index contributed by atoms with van der Waals surface area (Å²) < 4.78 is 37.9. The van der Waals surface area contributed by atoms with Crippen molar-refractivity contribution in [2.75, 3.05) is 25.0 Å². The van der Waals surface area contributed by atoms with Crippen molar-refractivity contribution < 1.29 is 13.2 Å². The van der Waals surface area contributed by atoms with Crippen molar-refractivity contribution in [3.8, 4) is 0 Å². The summed E-state index contributed by atoms with van der Waals surface area (Å²) in [4.78, 5) is 10.6. The summed E-state index contributed by atoms with van der Waals surface area (Å²) in [6, 6.07) is 2.23. The average Bonchev–Trinajstić information content (AvgIpc) is 2.79. The number of anilines is 1. The number of nitrogens with zero attached hydrogens (tertiary/aromatic N) is 3. The molecule has 0 bridgehead atoms. The van der Waals surface area contributed by atoms with E-state index in [0.29, 0.717) is 5.84 Å². The molecule has 2 fully saturated rings. The zero-order valence-corrected chi connectivity index (χ0v) is 19.4. The molecule has 1 saturated heterocycles. The molecule has 1 aromatic rings. The van der Waals surface area contributed by atoms with Gasteiger partial charge in [0, 0.05) is 18.7 Å². The normalized spacial score (nSPS) is 20.9.